The summed E-state index contributed by atoms with van der Waals surface area (Å²) < 4.78 is 6.06. The number of carbonyl (C=O) groups is 2. The minimum atomic E-state index is -0.293. The van der Waals surface area contributed by atoms with E-state index in [1.165, 1.54) is 4.90 Å². The van der Waals surface area contributed by atoms with Crippen LogP contribution in [-0.2, 0) is 4.79 Å². The smallest absolute Gasteiger partial charge is 0.290 e. The van der Waals surface area contributed by atoms with Crippen molar-refractivity contribution in [3.63, 3.8) is 0 Å². The molecule has 1 aliphatic rings. The summed E-state index contributed by atoms with van der Waals surface area (Å²) in [4.78, 5) is 26.2. The predicted octanol–water partition coefficient (Wildman–Crippen LogP) is 4.46. The number of benzene rings is 2. The molecule has 0 radical (unpaired) electrons. The van der Waals surface area contributed by atoms with E-state index in [-0.39, 0.29) is 24.1 Å². The zero-order chi connectivity index (χ0) is 20.5. The lowest BCUT2D eigenvalue weighted by molar-refractivity contribution is -0.123. The second kappa shape index (κ2) is 7.76. The van der Waals surface area contributed by atoms with Gasteiger partial charge in [-0.3, -0.25) is 9.59 Å². The molecule has 5 nitrogen and oxygen atoms in total. The van der Waals surface area contributed by atoms with Crippen molar-refractivity contribution in [1.29, 1.82) is 0 Å². The van der Waals surface area contributed by atoms with Crippen molar-refractivity contribution < 1.29 is 14.0 Å². The number of aryl methyl sites for hydroxylation is 2. The van der Waals surface area contributed by atoms with Crippen molar-refractivity contribution in [1.82, 2.24) is 10.2 Å². The van der Waals surface area contributed by atoms with Gasteiger partial charge < -0.3 is 14.6 Å². The van der Waals surface area contributed by atoms with Gasteiger partial charge in [-0.1, -0.05) is 53.1 Å². The summed E-state index contributed by atoms with van der Waals surface area (Å²) >= 11 is 6.19. The first kappa shape index (κ1) is 19.3. The van der Waals surface area contributed by atoms with Crippen LogP contribution in [0.2, 0.25) is 5.02 Å². The highest BCUT2D eigenvalue weighted by Gasteiger charge is 2.27. The maximum absolute atomic E-state index is 13.0. The molecule has 0 spiro atoms. The fourth-order valence-corrected chi connectivity index (χ4v) is 3.84. The molecule has 1 fully saturated rings. The second-order valence-corrected chi connectivity index (χ2v) is 7.75. The van der Waals surface area contributed by atoms with E-state index in [9.17, 15) is 9.59 Å². The predicted molar refractivity (Wildman–Crippen MR) is 113 cm³/mol. The van der Waals surface area contributed by atoms with Crippen LogP contribution < -0.4 is 5.32 Å². The highest BCUT2D eigenvalue weighted by molar-refractivity contribution is 6.30. The van der Waals surface area contributed by atoms with Crippen LogP contribution >= 0.6 is 11.6 Å². The standard InChI is InChI=1S/C23H21ClN2O3/c1-14-8-15(2)10-17(9-14)19-12-20(23(28)26-7-6-25-21(27)13-26)29-22(19)16-4-3-5-18(24)11-16/h3-5,8-12H,6-7,13H2,1-2H3,(H,25,27). The Labute approximate surface area is 174 Å². The Morgan fingerprint density at radius 3 is 2.52 bits per heavy atom. The Hall–Kier alpha value is -3.05. The quantitative estimate of drug-likeness (QED) is 0.696. The van der Waals surface area contributed by atoms with E-state index in [2.05, 4.69) is 23.5 Å². The monoisotopic (exact) mass is 408 g/mol. The van der Waals surface area contributed by atoms with Crippen molar-refractivity contribution in [3.05, 3.63) is 70.4 Å². The van der Waals surface area contributed by atoms with Gasteiger partial charge in [0.05, 0.1) is 0 Å². The first-order chi connectivity index (χ1) is 13.9. The number of nitrogens with one attached hydrogen (secondary N) is 1. The van der Waals surface area contributed by atoms with Gasteiger partial charge in [0.2, 0.25) is 5.91 Å². The molecule has 29 heavy (non-hydrogen) atoms. The largest absolute Gasteiger partial charge is 0.450 e. The zero-order valence-electron chi connectivity index (χ0n) is 16.3. The van der Waals surface area contributed by atoms with Gasteiger partial charge in [0.15, 0.2) is 5.76 Å². The summed E-state index contributed by atoms with van der Waals surface area (Å²) in [7, 11) is 0. The molecule has 3 aromatic rings. The van der Waals surface area contributed by atoms with E-state index >= 15 is 0 Å². The number of amides is 2. The second-order valence-electron chi connectivity index (χ2n) is 7.32. The van der Waals surface area contributed by atoms with Gasteiger partial charge in [-0.15, -0.1) is 0 Å². The molecule has 0 unspecified atom stereocenters. The molecule has 0 saturated carbocycles. The van der Waals surface area contributed by atoms with Gasteiger partial charge in [0, 0.05) is 29.2 Å². The van der Waals surface area contributed by atoms with Crippen LogP contribution in [0.1, 0.15) is 21.7 Å². The lowest BCUT2D eigenvalue weighted by atomic mass is 9.98. The molecule has 4 rings (SSSR count). The molecule has 6 heteroatoms. The van der Waals surface area contributed by atoms with Gasteiger partial charge in [-0.2, -0.15) is 0 Å². The SMILES string of the molecule is Cc1cc(C)cc(-c2cc(C(=O)N3CCNC(=O)C3)oc2-c2cccc(Cl)c2)c1. The molecule has 0 bridgehead atoms. The fraction of sp³-hybridized carbons (Fsp3) is 0.217. The highest BCUT2D eigenvalue weighted by atomic mass is 35.5. The summed E-state index contributed by atoms with van der Waals surface area (Å²) in [5.41, 5.74) is 4.83. The first-order valence-corrected chi connectivity index (χ1v) is 9.83. The maximum Gasteiger partial charge on any atom is 0.290 e. The molecule has 0 aliphatic carbocycles. The summed E-state index contributed by atoms with van der Waals surface area (Å²) in [6, 6.07) is 15.3. The number of hydrogen-bond acceptors (Lipinski definition) is 3. The van der Waals surface area contributed by atoms with Crippen molar-refractivity contribution in [2.45, 2.75) is 13.8 Å². The molecule has 0 atom stereocenters. The average Bonchev–Trinajstić information content (AvgIpc) is 3.12. The van der Waals surface area contributed by atoms with Crippen LogP contribution in [0.25, 0.3) is 22.5 Å². The van der Waals surface area contributed by atoms with E-state index in [4.69, 9.17) is 16.0 Å². The third-order valence-electron chi connectivity index (χ3n) is 4.89. The Morgan fingerprint density at radius 1 is 1.07 bits per heavy atom. The molecule has 2 aromatic carbocycles. The summed E-state index contributed by atoms with van der Waals surface area (Å²) in [6.07, 6.45) is 0. The van der Waals surface area contributed by atoms with Crippen LogP contribution in [0, 0.1) is 13.8 Å². The van der Waals surface area contributed by atoms with Gasteiger partial charge >= 0.3 is 0 Å². The van der Waals surface area contributed by atoms with Crippen molar-refractivity contribution in [2.24, 2.45) is 0 Å². The van der Waals surface area contributed by atoms with Crippen LogP contribution in [-0.4, -0.2) is 36.3 Å². The summed E-state index contributed by atoms with van der Waals surface area (Å²) in [5.74, 6) is 0.339. The van der Waals surface area contributed by atoms with Crippen LogP contribution in [0.3, 0.4) is 0 Å². The Morgan fingerprint density at radius 2 is 1.83 bits per heavy atom. The number of rotatable bonds is 3. The van der Waals surface area contributed by atoms with Crippen molar-refractivity contribution >= 4 is 23.4 Å². The number of carbonyl (C=O) groups excluding carboxylic acids is 2. The molecule has 2 heterocycles. The summed E-state index contributed by atoms with van der Waals surface area (Å²) in [5, 5.41) is 3.32. The lowest BCUT2D eigenvalue weighted by Gasteiger charge is -2.25. The third-order valence-corrected chi connectivity index (χ3v) is 5.12. The summed E-state index contributed by atoms with van der Waals surface area (Å²) in [6.45, 7) is 5.00. The molecule has 1 saturated heterocycles. The Bertz CT molecular complexity index is 1080. The zero-order valence-corrected chi connectivity index (χ0v) is 17.0. The molecule has 2 amide bonds. The van der Waals surface area contributed by atoms with Gasteiger partial charge in [0.1, 0.15) is 12.3 Å². The fourth-order valence-electron chi connectivity index (χ4n) is 3.65. The van der Waals surface area contributed by atoms with Gasteiger partial charge in [-0.25, -0.2) is 0 Å². The van der Waals surface area contributed by atoms with E-state index in [0.29, 0.717) is 23.9 Å². The highest BCUT2D eigenvalue weighted by Crippen LogP contribution is 2.37. The van der Waals surface area contributed by atoms with Crippen LogP contribution in [0.5, 0.6) is 0 Å². The number of nitrogens with zero attached hydrogens (tertiary/aromatic N) is 1. The average molecular weight is 409 g/mol. The first-order valence-electron chi connectivity index (χ1n) is 9.45. The van der Waals surface area contributed by atoms with Crippen molar-refractivity contribution in [3.8, 4) is 22.5 Å². The lowest BCUT2D eigenvalue weighted by Crippen LogP contribution is -2.49. The minimum absolute atomic E-state index is 0.0327. The molecule has 1 aromatic heterocycles. The van der Waals surface area contributed by atoms with E-state index < -0.39 is 0 Å². The van der Waals surface area contributed by atoms with E-state index in [0.717, 1.165) is 27.8 Å². The maximum atomic E-state index is 13.0. The topological polar surface area (TPSA) is 62.6 Å². The van der Waals surface area contributed by atoms with E-state index in [1.807, 2.05) is 32.0 Å². The van der Waals surface area contributed by atoms with Crippen LogP contribution in [0.4, 0.5) is 0 Å². The van der Waals surface area contributed by atoms with Gasteiger partial charge in [0.25, 0.3) is 5.91 Å². The normalized spacial score (nSPS) is 14.0. The molecular formula is C23H21ClN2O3. The molecular weight excluding hydrogens is 388 g/mol. The van der Waals surface area contributed by atoms with E-state index in [1.54, 1.807) is 12.1 Å². The number of halogens is 1. The van der Waals surface area contributed by atoms with Crippen LogP contribution in [0.15, 0.2) is 52.9 Å². The van der Waals surface area contributed by atoms with Gasteiger partial charge in [-0.05, 0) is 37.6 Å². The third kappa shape index (κ3) is 4.05. The number of hydrogen-bond donors (Lipinski definition) is 1. The Kier molecular flexibility index (Phi) is 5.16. The molecule has 1 aliphatic heterocycles. The van der Waals surface area contributed by atoms with Crippen molar-refractivity contribution in [2.75, 3.05) is 19.6 Å². The Balaban J connectivity index is 1.82. The number of furan rings is 1. The number of piperazine rings is 1. The minimum Gasteiger partial charge on any atom is -0.450 e. The molecule has 1 N–H and O–H groups in total. The molecule has 148 valence electrons.